The first-order chi connectivity index (χ1) is 4.15. The van der Waals surface area contributed by atoms with Crippen molar-refractivity contribution in [1.29, 1.82) is 0 Å². The van der Waals surface area contributed by atoms with Crippen LogP contribution < -0.4 is 37.2 Å². The van der Waals surface area contributed by atoms with Gasteiger partial charge in [-0.3, -0.25) is 0 Å². The Morgan fingerprint density at radius 1 is 1.17 bits per heavy atom. The van der Waals surface area contributed by atoms with Crippen molar-refractivity contribution in [1.82, 2.24) is 0 Å². The second-order valence-corrected chi connectivity index (χ2v) is 8.69. The quantitative estimate of drug-likeness (QED) is 0.322. The summed E-state index contributed by atoms with van der Waals surface area (Å²) in [6.07, 6.45) is 7.70. The van der Waals surface area contributed by atoms with Gasteiger partial charge in [0.2, 0.25) is 0 Å². The predicted molar refractivity (Wildman–Crippen MR) is 38.9 cm³/mol. The molecular formula is C5H5BrCl3OPZr. The second-order valence-electron chi connectivity index (χ2n) is 1.82. The summed E-state index contributed by atoms with van der Waals surface area (Å²) in [4.78, 5) is 0. The third-order valence-electron chi connectivity index (χ3n) is 1.14. The molecule has 12 heavy (non-hydrogen) atoms. The van der Waals surface area contributed by atoms with E-state index < -0.39 is 5.09 Å². The molecule has 0 aliphatic heterocycles. The van der Waals surface area contributed by atoms with Crippen molar-refractivity contribution in [3.8, 4) is 0 Å². The van der Waals surface area contributed by atoms with Gasteiger partial charge in [0.25, 0.3) is 0 Å². The fourth-order valence-corrected chi connectivity index (χ4v) is 2.63. The van der Waals surface area contributed by atoms with Crippen LogP contribution in [0.3, 0.4) is 0 Å². The molecular weight excluding hydrogens is 385 g/mol. The minimum Gasteiger partial charge on any atom is -1.00 e. The van der Waals surface area contributed by atoms with Crippen LogP contribution >= 0.6 is 21.0 Å². The molecule has 1 rings (SSSR count). The molecule has 0 radical (unpaired) electrons. The van der Waals surface area contributed by atoms with Gasteiger partial charge in [-0.25, -0.2) is 0 Å². The summed E-state index contributed by atoms with van der Waals surface area (Å²) in [5.74, 6) is 0. The smallest absolute Gasteiger partial charge is 1.00 e. The van der Waals surface area contributed by atoms with Crippen LogP contribution in [-0.4, -0.2) is 4.07 Å². The maximum absolute atomic E-state index is 11.0. The summed E-state index contributed by atoms with van der Waals surface area (Å²) in [6, 6.07) is 0. The van der Waals surface area contributed by atoms with E-state index in [0.717, 1.165) is 24.1 Å². The van der Waals surface area contributed by atoms with Gasteiger partial charge in [0.1, 0.15) is 0 Å². The van der Waals surface area contributed by atoms with Gasteiger partial charge in [0.05, 0.1) is 0 Å². The van der Waals surface area contributed by atoms with Crippen molar-refractivity contribution in [3.63, 3.8) is 0 Å². The van der Waals surface area contributed by atoms with Gasteiger partial charge < -0.3 is 37.2 Å². The van der Waals surface area contributed by atoms with Crippen molar-refractivity contribution >= 4 is 21.0 Å². The summed E-state index contributed by atoms with van der Waals surface area (Å²) in [5, 5.41) is -1.43. The fourth-order valence-electron chi connectivity index (χ4n) is 0.598. The van der Waals surface area contributed by atoms with Crippen LogP contribution in [0.15, 0.2) is 24.3 Å². The summed E-state index contributed by atoms with van der Waals surface area (Å²) in [7, 11) is 0. The number of hydrogen-bond donors (Lipinski definition) is 0. The van der Waals surface area contributed by atoms with E-state index in [4.69, 9.17) is 0 Å². The minimum absolute atomic E-state index is 0. The van der Waals surface area contributed by atoms with Crippen molar-refractivity contribution in [2.24, 2.45) is 0 Å². The molecule has 0 fully saturated rings. The minimum atomic E-state index is -1.43. The van der Waals surface area contributed by atoms with E-state index in [-0.39, 0.29) is 41.3 Å². The zero-order chi connectivity index (χ0) is 6.91. The van der Waals surface area contributed by atoms with E-state index in [1.165, 1.54) is 0 Å². The molecule has 0 saturated carbocycles. The average Bonchev–Trinajstić information content (AvgIpc) is 2.16. The topological polar surface area (TPSA) is 17.1 Å². The Labute approximate surface area is 114 Å². The van der Waals surface area contributed by atoms with Crippen LogP contribution in [0.4, 0.5) is 0 Å². The average molecular weight is 390 g/mol. The summed E-state index contributed by atoms with van der Waals surface area (Å²) in [6.45, 7) is 0. The van der Waals surface area contributed by atoms with Crippen molar-refractivity contribution in [3.05, 3.63) is 24.3 Å². The number of allylic oxidation sites excluding steroid dienone is 4. The Morgan fingerprint density at radius 3 is 1.67 bits per heavy atom. The Morgan fingerprint density at radius 2 is 1.50 bits per heavy atom. The maximum Gasteiger partial charge on any atom is -1.00 e. The molecule has 0 amide bonds. The molecule has 0 spiro atoms. The Kier molecular flexibility index (Phi) is 13.4. The SMILES string of the molecule is O=[PH]([Zr+3])C1(Br)C=CC=C1.[Cl-].[Cl-].[Cl-]. The Balaban J connectivity index is -0.000000270. The monoisotopic (exact) mass is 386 g/mol. The van der Waals surface area contributed by atoms with E-state index >= 15 is 0 Å². The molecule has 1 atom stereocenters. The number of halogens is 4. The largest absolute Gasteiger partial charge is 1.00 e. The van der Waals surface area contributed by atoms with Gasteiger partial charge in [0.15, 0.2) is 0 Å². The third kappa shape index (κ3) is 4.98. The van der Waals surface area contributed by atoms with E-state index in [0.29, 0.717) is 0 Å². The van der Waals surface area contributed by atoms with E-state index in [1.54, 1.807) is 0 Å². The molecule has 0 aromatic heterocycles. The Hall–Kier alpha value is 1.94. The molecule has 1 aliphatic carbocycles. The van der Waals surface area contributed by atoms with Gasteiger partial charge in [-0.1, -0.05) is 0 Å². The molecule has 0 saturated heterocycles. The van der Waals surface area contributed by atoms with E-state index in [2.05, 4.69) is 15.9 Å². The van der Waals surface area contributed by atoms with Crippen LogP contribution in [0.1, 0.15) is 0 Å². The molecule has 1 aliphatic rings. The van der Waals surface area contributed by atoms with Crippen LogP contribution in [-0.2, 0) is 28.7 Å². The van der Waals surface area contributed by atoms with Gasteiger partial charge in [0, 0.05) is 0 Å². The van der Waals surface area contributed by atoms with Gasteiger partial charge in [-0.2, -0.15) is 0 Å². The van der Waals surface area contributed by atoms with Crippen LogP contribution in [0.25, 0.3) is 0 Å². The number of rotatable bonds is 1. The van der Waals surface area contributed by atoms with E-state index in [1.807, 2.05) is 24.3 Å². The predicted octanol–water partition coefficient (Wildman–Crippen LogP) is -6.76. The first-order valence-electron chi connectivity index (χ1n) is 2.47. The zero-order valence-corrected chi connectivity index (χ0v) is 13.0. The zero-order valence-electron chi connectivity index (χ0n) is 5.73. The molecule has 0 aromatic rings. The molecule has 7 heteroatoms. The summed E-state index contributed by atoms with van der Waals surface area (Å²) < 4.78 is 10.8. The maximum atomic E-state index is 11.0. The molecule has 1 unspecified atom stereocenters. The van der Waals surface area contributed by atoms with Gasteiger partial charge in [-0.15, -0.1) is 0 Å². The molecule has 68 valence electrons. The fraction of sp³-hybridized carbons (Fsp3) is 0.200. The summed E-state index contributed by atoms with van der Waals surface area (Å²) >= 11 is 4.51. The normalized spacial score (nSPS) is 18.6. The second kappa shape index (κ2) is 8.27. The van der Waals surface area contributed by atoms with E-state index in [9.17, 15) is 4.57 Å². The first kappa shape index (κ1) is 19.5. The Bertz CT molecular complexity index is 197. The number of hydrogen-bond acceptors (Lipinski definition) is 1. The molecule has 0 heterocycles. The van der Waals surface area contributed by atoms with Gasteiger partial charge >= 0.3 is 78.1 Å². The van der Waals surface area contributed by atoms with Crippen molar-refractivity contribution in [2.75, 3.05) is 0 Å². The van der Waals surface area contributed by atoms with Crippen molar-refractivity contribution in [2.45, 2.75) is 4.07 Å². The number of alkyl halides is 1. The van der Waals surface area contributed by atoms with Crippen LogP contribution in [0.5, 0.6) is 0 Å². The third-order valence-corrected chi connectivity index (χ3v) is 9.52. The van der Waals surface area contributed by atoms with Crippen molar-refractivity contribution < 1.29 is 65.9 Å². The molecule has 0 bridgehead atoms. The molecule has 1 nitrogen and oxygen atoms in total. The standard InChI is InChI=1S/C5H4BrOP.3ClH.Zr/c6-5(8-7)3-1-2-4-5;;;;/h1-4H;3*1H;/q;;;;+2/p-2. The molecule has 0 aromatic carbocycles. The first-order valence-corrected chi connectivity index (χ1v) is 8.36. The molecule has 0 N–H and O–H groups in total. The van der Waals surface area contributed by atoms with Crippen LogP contribution in [0.2, 0.25) is 0 Å². The van der Waals surface area contributed by atoms with Gasteiger partial charge in [-0.05, 0) is 0 Å². The summed E-state index contributed by atoms with van der Waals surface area (Å²) in [5.41, 5.74) is 0. The van der Waals surface area contributed by atoms with Crippen LogP contribution in [0, 0.1) is 0 Å².